The van der Waals surface area contributed by atoms with Crippen molar-refractivity contribution in [3.05, 3.63) is 22.4 Å². The molecule has 0 saturated carbocycles. The normalized spacial score (nSPS) is 14.3. The number of hydrogen-bond donors (Lipinski definition) is 2. The van der Waals surface area contributed by atoms with Gasteiger partial charge in [0.25, 0.3) is 0 Å². The van der Waals surface area contributed by atoms with Gasteiger partial charge in [0.2, 0.25) is 5.91 Å². The summed E-state index contributed by atoms with van der Waals surface area (Å²) >= 11 is 1.68. The van der Waals surface area contributed by atoms with Gasteiger partial charge in [0, 0.05) is 12.1 Å². The molecule has 4 heteroatoms. The molecule has 0 bridgehead atoms. The fourth-order valence-electron chi connectivity index (χ4n) is 1.72. The van der Waals surface area contributed by atoms with Gasteiger partial charge in [-0.2, -0.15) is 11.3 Å². The Labute approximate surface area is 108 Å². The van der Waals surface area contributed by atoms with E-state index in [-0.39, 0.29) is 18.0 Å². The minimum Gasteiger partial charge on any atom is -0.353 e. The van der Waals surface area contributed by atoms with Crippen LogP contribution in [0.1, 0.15) is 45.2 Å². The van der Waals surface area contributed by atoms with Gasteiger partial charge in [-0.1, -0.05) is 13.3 Å². The van der Waals surface area contributed by atoms with Crippen LogP contribution in [-0.4, -0.2) is 18.5 Å². The van der Waals surface area contributed by atoms with Gasteiger partial charge in [-0.05, 0) is 42.7 Å². The standard InChI is InChI=1S/C13H22N2OS/c1-4-5-10(2)15-13(16)8-14-11(3)12-6-7-17-9-12/h6-7,9-11,14H,4-5,8H2,1-3H3,(H,15,16). The van der Waals surface area contributed by atoms with E-state index in [1.165, 1.54) is 5.56 Å². The highest BCUT2D eigenvalue weighted by Gasteiger charge is 2.09. The summed E-state index contributed by atoms with van der Waals surface area (Å²) in [5.74, 6) is 0.0769. The number of nitrogens with one attached hydrogen (secondary N) is 2. The molecule has 0 aliphatic heterocycles. The van der Waals surface area contributed by atoms with Crippen LogP contribution < -0.4 is 10.6 Å². The van der Waals surface area contributed by atoms with Crippen molar-refractivity contribution in [2.45, 2.75) is 45.7 Å². The smallest absolute Gasteiger partial charge is 0.234 e. The van der Waals surface area contributed by atoms with E-state index in [0.717, 1.165) is 12.8 Å². The van der Waals surface area contributed by atoms with E-state index in [4.69, 9.17) is 0 Å². The van der Waals surface area contributed by atoms with Gasteiger partial charge in [-0.3, -0.25) is 4.79 Å². The molecule has 0 aliphatic rings. The summed E-state index contributed by atoms with van der Waals surface area (Å²) in [7, 11) is 0. The number of carbonyl (C=O) groups excluding carboxylic acids is 1. The Bertz CT molecular complexity index is 324. The van der Waals surface area contributed by atoms with Crippen LogP contribution in [0, 0.1) is 0 Å². The van der Waals surface area contributed by atoms with Gasteiger partial charge in [-0.25, -0.2) is 0 Å². The summed E-state index contributed by atoms with van der Waals surface area (Å²) in [6.07, 6.45) is 2.13. The lowest BCUT2D eigenvalue weighted by atomic mass is 10.2. The highest BCUT2D eigenvalue weighted by molar-refractivity contribution is 7.07. The molecule has 2 N–H and O–H groups in total. The first-order valence-corrected chi connectivity index (χ1v) is 7.12. The van der Waals surface area contributed by atoms with E-state index in [1.807, 2.05) is 6.92 Å². The molecule has 1 heterocycles. The monoisotopic (exact) mass is 254 g/mol. The molecule has 17 heavy (non-hydrogen) atoms. The number of hydrogen-bond acceptors (Lipinski definition) is 3. The highest BCUT2D eigenvalue weighted by Crippen LogP contribution is 2.14. The van der Waals surface area contributed by atoms with Crippen LogP contribution in [0.3, 0.4) is 0 Å². The number of rotatable bonds is 7. The Morgan fingerprint density at radius 1 is 1.47 bits per heavy atom. The molecule has 1 rings (SSSR count). The van der Waals surface area contributed by atoms with Crippen molar-refractivity contribution in [2.75, 3.05) is 6.54 Å². The third-order valence-electron chi connectivity index (χ3n) is 2.74. The van der Waals surface area contributed by atoms with Crippen molar-refractivity contribution in [3.63, 3.8) is 0 Å². The Morgan fingerprint density at radius 3 is 2.82 bits per heavy atom. The van der Waals surface area contributed by atoms with Crippen LogP contribution in [-0.2, 0) is 4.79 Å². The Kier molecular flexibility index (Phi) is 6.22. The summed E-state index contributed by atoms with van der Waals surface area (Å²) in [6, 6.07) is 2.58. The van der Waals surface area contributed by atoms with Gasteiger partial charge in [0.15, 0.2) is 0 Å². The van der Waals surface area contributed by atoms with Gasteiger partial charge in [0.1, 0.15) is 0 Å². The molecule has 1 aromatic rings. The number of amides is 1. The second-order valence-corrected chi connectivity index (χ2v) is 5.20. The predicted molar refractivity (Wildman–Crippen MR) is 73.2 cm³/mol. The first-order valence-electron chi connectivity index (χ1n) is 6.18. The van der Waals surface area contributed by atoms with Gasteiger partial charge >= 0.3 is 0 Å². The van der Waals surface area contributed by atoms with Gasteiger partial charge in [0.05, 0.1) is 6.54 Å². The molecule has 0 aromatic carbocycles. The molecule has 1 amide bonds. The van der Waals surface area contributed by atoms with Crippen LogP contribution in [0.15, 0.2) is 16.8 Å². The van der Waals surface area contributed by atoms with E-state index < -0.39 is 0 Å². The maximum atomic E-state index is 11.6. The molecular weight excluding hydrogens is 232 g/mol. The van der Waals surface area contributed by atoms with E-state index in [0.29, 0.717) is 6.54 Å². The van der Waals surface area contributed by atoms with Crippen LogP contribution in [0.25, 0.3) is 0 Å². The molecule has 96 valence electrons. The summed E-state index contributed by atoms with van der Waals surface area (Å²) in [5, 5.41) is 10.4. The molecule has 0 spiro atoms. The Hall–Kier alpha value is -0.870. The second kappa shape index (κ2) is 7.45. The lowest BCUT2D eigenvalue weighted by molar-refractivity contribution is -0.121. The molecule has 2 unspecified atom stereocenters. The number of carbonyl (C=O) groups is 1. The molecule has 0 fully saturated rings. The summed E-state index contributed by atoms with van der Waals surface area (Å²) in [4.78, 5) is 11.6. The van der Waals surface area contributed by atoms with Crippen molar-refractivity contribution >= 4 is 17.2 Å². The van der Waals surface area contributed by atoms with Crippen molar-refractivity contribution < 1.29 is 4.79 Å². The average molecular weight is 254 g/mol. The first-order chi connectivity index (χ1) is 8.13. The third-order valence-corrected chi connectivity index (χ3v) is 3.44. The SMILES string of the molecule is CCCC(C)NC(=O)CNC(C)c1ccsc1. The van der Waals surface area contributed by atoms with Gasteiger partial charge < -0.3 is 10.6 Å². The van der Waals surface area contributed by atoms with Gasteiger partial charge in [-0.15, -0.1) is 0 Å². The molecule has 1 aromatic heterocycles. The van der Waals surface area contributed by atoms with E-state index in [1.54, 1.807) is 11.3 Å². The highest BCUT2D eigenvalue weighted by atomic mass is 32.1. The summed E-state index contributed by atoms with van der Waals surface area (Å²) in [5.41, 5.74) is 1.24. The van der Waals surface area contributed by atoms with Crippen molar-refractivity contribution in [1.82, 2.24) is 10.6 Å². The minimum atomic E-state index is 0.0769. The Morgan fingerprint density at radius 2 is 2.24 bits per heavy atom. The van der Waals surface area contributed by atoms with Crippen LogP contribution >= 0.6 is 11.3 Å². The fraction of sp³-hybridized carbons (Fsp3) is 0.615. The molecule has 0 radical (unpaired) electrons. The second-order valence-electron chi connectivity index (χ2n) is 4.42. The zero-order valence-corrected chi connectivity index (χ0v) is 11.6. The van der Waals surface area contributed by atoms with Crippen molar-refractivity contribution in [1.29, 1.82) is 0 Å². The summed E-state index contributed by atoms with van der Waals surface area (Å²) < 4.78 is 0. The van der Waals surface area contributed by atoms with Crippen LogP contribution in [0.2, 0.25) is 0 Å². The quantitative estimate of drug-likeness (QED) is 0.785. The lowest BCUT2D eigenvalue weighted by Gasteiger charge is -2.15. The molecule has 2 atom stereocenters. The first kappa shape index (κ1) is 14.2. The fourth-order valence-corrected chi connectivity index (χ4v) is 2.47. The van der Waals surface area contributed by atoms with Crippen molar-refractivity contribution in [3.8, 4) is 0 Å². The third kappa shape index (κ3) is 5.33. The zero-order valence-electron chi connectivity index (χ0n) is 10.8. The molecular formula is C13H22N2OS. The van der Waals surface area contributed by atoms with E-state index in [2.05, 4.69) is 41.3 Å². The largest absolute Gasteiger partial charge is 0.353 e. The maximum Gasteiger partial charge on any atom is 0.234 e. The Balaban J connectivity index is 2.24. The van der Waals surface area contributed by atoms with Crippen molar-refractivity contribution in [2.24, 2.45) is 0 Å². The maximum absolute atomic E-state index is 11.6. The average Bonchev–Trinajstić information content (AvgIpc) is 2.79. The van der Waals surface area contributed by atoms with Crippen LogP contribution in [0.5, 0.6) is 0 Å². The number of thiophene rings is 1. The topological polar surface area (TPSA) is 41.1 Å². The zero-order chi connectivity index (χ0) is 12.7. The molecule has 3 nitrogen and oxygen atoms in total. The lowest BCUT2D eigenvalue weighted by Crippen LogP contribution is -2.39. The van der Waals surface area contributed by atoms with Crippen LogP contribution in [0.4, 0.5) is 0 Å². The predicted octanol–water partition coefficient (Wildman–Crippen LogP) is 2.70. The van der Waals surface area contributed by atoms with E-state index >= 15 is 0 Å². The molecule has 0 saturated heterocycles. The minimum absolute atomic E-state index is 0.0769. The van der Waals surface area contributed by atoms with E-state index in [9.17, 15) is 4.79 Å². The summed E-state index contributed by atoms with van der Waals surface area (Å²) in [6.45, 7) is 6.62. The molecule has 0 aliphatic carbocycles.